The fourth-order valence-corrected chi connectivity index (χ4v) is 4.23. The molecule has 3 aromatic rings. The largest absolute Gasteiger partial charge is 0.358 e. The van der Waals surface area contributed by atoms with Crippen LogP contribution < -0.4 is 10.2 Å². The molecule has 168 valence electrons. The fraction of sp³-hybridized carbons (Fsp3) is 0.320. The molecule has 0 aliphatic carbocycles. The normalized spacial score (nSPS) is 10.9. The second-order valence-electron chi connectivity index (χ2n) is 8.22. The van der Waals surface area contributed by atoms with E-state index >= 15 is 0 Å². The fourth-order valence-electron chi connectivity index (χ4n) is 3.30. The van der Waals surface area contributed by atoms with Gasteiger partial charge in [0.1, 0.15) is 10.8 Å². The number of thioether (sulfide) groups is 1. The molecular weight excluding hydrogens is 418 g/mol. The average Bonchev–Trinajstić information content (AvgIpc) is 2.75. The maximum absolute atomic E-state index is 13.0. The molecule has 7 heteroatoms. The highest BCUT2D eigenvalue weighted by atomic mass is 32.2. The number of rotatable bonds is 9. The Kier molecular flexibility index (Phi) is 8.25. The number of likely N-dealkylation sites (N-methyl/N-ethyl adjacent to an activating group) is 2. The molecule has 0 saturated heterocycles. The summed E-state index contributed by atoms with van der Waals surface area (Å²) in [6.07, 6.45) is 3.56. The molecule has 0 spiro atoms. The van der Waals surface area contributed by atoms with Gasteiger partial charge in [-0.15, -0.1) is 11.8 Å². The first kappa shape index (κ1) is 23.8. The standard InChI is InChI=1S/C25H31N5OS/c1-18-13-19(2)15-21(14-18)28-24(31)22-7-6-9-27-25(22)32-17-20-8-10-26-23(16-20)30(5)12-11-29(3)4/h6-10,13-16H,11-12,17H2,1-5H3,(H,28,31). The molecule has 0 bridgehead atoms. The molecule has 1 N–H and O–H groups in total. The van der Waals surface area contributed by atoms with Gasteiger partial charge in [0.25, 0.3) is 5.91 Å². The topological polar surface area (TPSA) is 61.4 Å². The van der Waals surface area contributed by atoms with Crippen LogP contribution in [-0.2, 0) is 5.75 Å². The predicted octanol–water partition coefficient (Wildman–Crippen LogP) is 4.64. The van der Waals surface area contributed by atoms with Crippen LogP contribution in [0.25, 0.3) is 0 Å². The monoisotopic (exact) mass is 449 g/mol. The number of amides is 1. The van der Waals surface area contributed by atoms with E-state index in [1.165, 1.54) is 0 Å². The maximum atomic E-state index is 13.0. The van der Waals surface area contributed by atoms with Crippen LogP contribution in [0.4, 0.5) is 11.5 Å². The van der Waals surface area contributed by atoms with Crippen molar-refractivity contribution in [2.75, 3.05) is 44.4 Å². The van der Waals surface area contributed by atoms with Crippen LogP contribution in [0.3, 0.4) is 0 Å². The molecule has 0 aliphatic heterocycles. The van der Waals surface area contributed by atoms with Gasteiger partial charge in [-0.1, -0.05) is 6.07 Å². The third kappa shape index (κ3) is 6.80. The summed E-state index contributed by atoms with van der Waals surface area (Å²) in [4.78, 5) is 26.2. The predicted molar refractivity (Wildman–Crippen MR) is 134 cm³/mol. The molecule has 0 fully saturated rings. The summed E-state index contributed by atoms with van der Waals surface area (Å²) >= 11 is 1.56. The summed E-state index contributed by atoms with van der Waals surface area (Å²) in [5, 5.41) is 3.73. The Morgan fingerprint density at radius 3 is 2.44 bits per heavy atom. The third-order valence-corrected chi connectivity index (χ3v) is 6.03. The van der Waals surface area contributed by atoms with Gasteiger partial charge in [-0.2, -0.15) is 0 Å². The molecule has 1 aromatic carbocycles. The van der Waals surface area contributed by atoms with E-state index < -0.39 is 0 Å². The Bertz CT molecular complexity index is 1050. The Morgan fingerprint density at radius 2 is 1.72 bits per heavy atom. The number of nitrogens with zero attached hydrogens (tertiary/aromatic N) is 4. The van der Waals surface area contributed by atoms with E-state index in [-0.39, 0.29) is 5.91 Å². The molecule has 1 amide bonds. The van der Waals surface area contributed by atoms with Crippen molar-refractivity contribution >= 4 is 29.2 Å². The third-order valence-electron chi connectivity index (χ3n) is 4.95. The van der Waals surface area contributed by atoms with E-state index in [1.807, 2.05) is 44.3 Å². The minimum Gasteiger partial charge on any atom is -0.358 e. The highest BCUT2D eigenvalue weighted by molar-refractivity contribution is 7.98. The van der Waals surface area contributed by atoms with Crippen LogP contribution in [0.2, 0.25) is 0 Å². The number of carbonyl (C=O) groups excluding carboxylic acids is 1. The van der Waals surface area contributed by atoms with Crippen LogP contribution in [0.1, 0.15) is 27.0 Å². The smallest absolute Gasteiger partial charge is 0.258 e. The van der Waals surface area contributed by atoms with E-state index in [2.05, 4.69) is 58.4 Å². The second kappa shape index (κ2) is 11.1. The Morgan fingerprint density at radius 1 is 0.969 bits per heavy atom. The van der Waals surface area contributed by atoms with Gasteiger partial charge in [-0.25, -0.2) is 9.97 Å². The molecule has 2 heterocycles. The first-order valence-corrected chi connectivity index (χ1v) is 11.6. The minimum absolute atomic E-state index is 0.149. The number of aryl methyl sites for hydroxylation is 2. The maximum Gasteiger partial charge on any atom is 0.258 e. The number of anilines is 2. The zero-order valence-electron chi connectivity index (χ0n) is 19.4. The van der Waals surface area contributed by atoms with Crippen molar-refractivity contribution in [2.45, 2.75) is 24.6 Å². The lowest BCUT2D eigenvalue weighted by atomic mass is 10.1. The van der Waals surface area contributed by atoms with Crippen LogP contribution >= 0.6 is 11.8 Å². The van der Waals surface area contributed by atoms with Crippen molar-refractivity contribution in [1.82, 2.24) is 14.9 Å². The number of hydrogen-bond acceptors (Lipinski definition) is 6. The molecular formula is C25H31N5OS. The Labute approximate surface area is 195 Å². The van der Waals surface area contributed by atoms with Gasteiger partial charge in [0.15, 0.2) is 0 Å². The van der Waals surface area contributed by atoms with Crippen molar-refractivity contribution in [2.24, 2.45) is 0 Å². The lowest BCUT2D eigenvalue weighted by Crippen LogP contribution is -2.29. The van der Waals surface area contributed by atoms with Crippen molar-refractivity contribution < 1.29 is 4.79 Å². The number of hydrogen-bond donors (Lipinski definition) is 1. The summed E-state index contributed by atoms with van der Waals surface area (Å²) < 4.78 is 0. The second-order valence-corrected chi connectivity index (χ2v) is 9.19. The summed E-state index contributed by atoms with van der Waals surface area (Å²) in [5.41, 5.74) is 4.75. The van der Waals surface area contributed by atoms with E-state index in [0.717, 1.165) is 41.3 Å². The number of pyridine rings is 2. The van der Waals surface area contributed by atoms with E-state index in [4.69, 9.17) is 0 Å². The van der Waals surface area contributed by atoms with Gasteiger partial charge in [0.05, 0.1) is 5.56 Å². The quantitative estimate of drug-likeness (QED) is 0.481. The number of aromatic nitrogens is 2. The molecule has 0 aliphatic rings. The van der Waals surface area contributed by atoms with E-state index in [0.29, 0.717) is 16.3 Å². The van der Waals surface area contributed by atoms with Gasteiger partial charge in [0, 0.05) is 44.0 Å². The molecule has 2 aromatic heterocycles. The Balaban J connectivity index is 1.69. The Hall–Kier alpha value is -2.90. The molecule has 0 atom stereocenters. The highest BCUT2D eigenvalue weighted by Gasteiger charge is 2.14. The molecule has 3 rings (SSSR count). The van der Waals surface area contributed by atoms with Gasteiger partial charge in [0.2, 0.25) is 0 Å². The summed E-state index contributed by atoms with van der Waals surface area (Å²) in [7, 11) is 6.18. The van der Waals surface area contributed by atoms with Gasteiger partial charge in [-0.05, 0) is 81.0 Å². The summed E-state index contributed by atoms with van der Waals surface area (Å²) in [6, 6.07) is 13.8. The van der Waals surface area contributed by atoms with Crippen molar-refractivity contribution in [3.8, 4) is 0 Å². The van der Waals surface area contributed by atoms with E-state index in [1.54, 1.807) is 24.0 Å². The molecule has 6 nitrogen and oxygen atoms in total. The first-order chi connectivity index (χ1) is 15.3. The van der Waals surface area contributed by atoms with Crippen molar-refractivity contribution in [3.05, 3.63) is 77.1 Å². The lowest BCUT2D eigenvalue weighted by Gasteiger charge is -2.21. The van der Waals surface area contributed by atoms with Crippen LogP contribution in [0, 0.1) is 13.8 Å². The number of carbonyl (C=O) groups is 1. The SMILES string of the molecule is Cc1cc(C)cc(NC(=O)c2cccnc2SCc2ccnc(N(C)CCN(C)C)c2)c1. The zero-order chi connectivity index (χ0) is 23.1. The molecule has 0 radical (unpaired) electrons. The highest BCUT2D eigenvalue weighted by Crippen LogP contribution is 2.26. The first-order valence-electron chi connectivity index (χ1n) is 10.6. The van der Waals surface area contributed by atoms with Crippen molar-refractivity contribution in [3.63, 3.8) is 0 Å². The summed E-state index contributed by atoms with van der Waals surface area (Å²) in [6.45, 7) is 5.91. The van der Waals surface area contributed by atoms with E-state index in [9.17, 15) is 4.79 Å². The van der Waals surface area contributed by atoms with Gasteiger partial charge >= 0.3 is 0 Å². The zero-order valence-corrected chi connectivity index (χ0v) is 20.2. The minimum atomic E-state index is -0.149. The van der Waals surface area contributed by atoms with Gasteiger partial charge < -0.3 is 15.1 Å². The van der Waals surface area contributed by atoms with Crippen LogP contribution in [0.5, 0.6) is 0 Å². The number of nitrogens with one attached hydrogen (secondary N) is 1. The average molecular weight is 450 g/mol. The van der Waals surface area contributed by atoms with Crippen molar-refractivity contribution in [1.29, 1.82) is 0 Å². The lowest BCUT2D eigenvalue weighted by molar-refractivity contribution is 0.102. The molecule has 0 saturated carbocycles. The molecule has 0 unspecified atom stereocenters. The van der Waals surface area contributed by atoms with Crippen LogP contribution in [0.15, 0.2) is 59.9 Å². The number of benzene rings is 1. The van der Waals surface area contributed by atoms with Crippen LogP contribution in [-0.4, -0.2) is 55.0 Å². The molecule has 32 heavy (non-hydrogen) atoms. The van der Waals surface area contributed by atoms with Gasteiger partial charge in [-0.3, -0.25) is 4.79 Å². The summed E-state index contributed by atoms with van der Waals surface area (Å²) in [5.74, 6) is 1.50.